The summed E-state index contributed by atoms with van der Waals surface area (Å²) in [6.07, 6.45) is 31.1. The van der Waals surface area contributed by atoms with Crippen molar-refractivity contribution in [2.75, 3.05) is 6.61 Å². The zero-order valence-corrected chi connectivity index (χ0v) is 25.6. The van der Waals surface area contributed by atoms with Gasteiger partial charge in [0.2, 0.25) is 0 Å². The smallest absolute Gasteiger partial charge is 0.165 e. The SMILES string of the molecule is CCCCCCC(CCCC)COc1ccc(C2=CC3=NC2=CC2=NC(=CC4=NC(=CC5=NC(=C3)C=C5)C=C4)C=C2)cc1F. The van der Waals surface area contributed by atoms with Crippen molar-refractivity contribution >= 4 is 28.4 Å². The molecule has 0 N–H and O–H groups in total. The number of allylic oxidation sites excluding steroid dienone is 12. The van der Waals surface area contributed by atoms with Gasteiger partial charge < -0.3 is 4.74 Å². The van der Waals surface area contributed by atoms with Gasteiger partial charge in [-0.2, -0.15) is 0 Å². The summed E-state index contributed by atoms with van der Waals surface area (Å²) in [5.41, 5.74) is 7.95. The van der Waals surface area contributed by atoms with Crippen LogP contribution in [-0.4, -0.2) is 29.5 Å². The molecule has 6 rings (SSSR count). The monoisotopic (exact) mass is 586 g/mol. The van der Waals surface area contributed by atoms with Crippen LogP contribution in [0.1, 0.15) is 70.8 Å². The van der Waals surface area contributed by atoms with Crippen molar-refractivity contribution in [1.29, 1.82) is 0 Å². The molecule has 5 aliphatic rings. The third-order valence-electron chi connectivity index (χ3n) is 8.19. The number of aliphatic imine (C=N–C) groups is 4. The standard InChI is InChI=1S/C38H39FN4O/c1-3-5-7-8-10-26(9-6-4-2)25-44-38-18-11-27(19-36(38)39)35-23-34-22-32-15-14-30(41-32)20-28-12-13-29(40-28)21-31-16-17-33(42-31)24-37(35)43-34/h11-24,26H,3-10,25H2,1-2H3. The molecule has 1 aromatic rings. The molecule has 224 valence electrons. The van der Waals surface area contributed by atoms with E-state index < -0.39 is 0 Å². The van der Waals surface area contributed by atoms with Gasteiger partial charge in [-0.3, -0.25) is 0 Å². The Bertz CT molecular complexity index is 1690. The van der Waals surface area contributed by atoms with E-state index in [0.29, 0.717) is 18.3 Å². The Kier molecular flexibility index (Phi) is 9.35. The van der Waals surface area contributed by atoms with Crippen LogP contribution in [0.3, 0.4) is 0 Å². The lowest BCUT2D eigenvalue weighted by atomic mass is 9.96. The number of benzene rings is 1. The summed E-state index contributed by atoms with van der Waals surface area (Å²) < 4.78 is 21.6. The predicted octanol–water partition coefficient (Wildman–Crippen LogP) is 9.40. The van der Waals surface area contributed by atoms with Crippen LogP contribution in [0.5, 0.6) is 5.75 Å². The number of hydrogen-bond donors (Lipinski definition) is 0. The molecule has 1 aromatic carbocycles. The molecule has 8 bridgehead atoms. The molecular weight excluding hydrogens is 547 g/mol. The lowest BCUT2D eigenvalue weighted by Crippen LogP contribution is -2.13. The zero-order valence-electron chi connectivity index (χ0n) is 25.6. The Labute approximate surface area is 259 Å². The minimum atomic E-state index is -0.360. The molecule has 5 aliphatic heterocycles. The van der Waals surface area contributed by atoms with Crippen LogP contribution in [0.2, 0.25) is 0 Å². The minimum Gasteiger partial charge on any atom is -0.490 e. The summed E-state index contributed by atoms with van der Waals surface area (Å²) in [5.74, 6) is 0.396. The molecule has 5 nitrogen and oxygen atoms in total. The van der Waals surface area contributed by atoms with Crippen LogP contribution < -0.4 is 4.74 Å². The summed E-state index contributed by atoms with van der Waals surface area (Å²) in [4.78, 5) is 19.1. The number of halogens is 1. The highest BCUT2D eigenvalue weighted by molar-refractivity contribution is 6.19. The average Bonchev–Trinajstić information content (AvgIpc) is 3.83. The first-order valence-electron chi connectivity index (χ1n) is 16.0. The second kappa shape index (κ2) is 13.9. The van der Waals surface area contributed by atoms with Gasteiger partial charge in [-0.1, -0.05) is 58.4 Å². The number of nitrogens with zero attached hydrogens (tertiary/aromatic N) is 4. The maximum absolute atomic E-state index is 15.5. The molecular formula is C38H39FN4O. The Balaban J connectivity index is 1.25. The minimum absolute atomic E-state index is 0.304. The highest BCUT2D eigenvalue weighted by Gasteiger charge is 2.20. The third kappa shape index (κ3) is 7.36. The molecule has 44 heavy (non-hydrogen) atoms. The maximum Gasteiger partial charge on any atom is 0.165 e. The number of rotatable bonds is 12. The van der Waals surface area contributed by atoms with Gasteiger partial charge >= 0.3 is 0 Å². The van der Waals surface area contributed by atoms with E-state index in [1.54, 1.807) is 12.1 Å². The first kappa shape index (κ1) is 29.6. The van der Waals surface area contributed by atoms with Crippen LogP contribution in [0.25, 0.3) is 5.57 Å². The van der Waals surface area contributed by atoms with Gasteiger partial charge in [0.15, 0.2) is 11.6 Å². The lowest BCUT2D eigenvalue weighted by Gasteiger charge is -2.18. The van der Waals surface area contributed by atoms with Crippen molar-refractivity contribution in [2.45, 2.75) is 65.2 Å². The highest BCUT2D eigenvalue weighted by Crippen LogP contribution is 2.33. The van der Waals surface area contributed by atoms with Gasteiger partial charge in [-0.05, 0) is 103 Å². The lowest BCUT2D eigenvalue weighted by molar-refractivity contribution is 0.217. The molecule has 5 heterocycles. The molecule has 0 fully saturated rings. The summed E-state index contributed by atoms with van der Waals surface area (Å²) in [5, 5.41) is 0. The molecule has 6 heteroatoms. The fraction of sp³-hybridized carbons (Fsp3) is 0.316. The topological polar surface area (TPSA) is 58.7 Å². The van der Waals surface area contributed by atoms with Crippen molar-refractivity contribution in [3.63, 3.8) is 0 Å². The number of ether oxygens (including phenoxy) is 1. The van der Waals surface area contributed by atoms with Crippen LogP contribution >= 0.6 is 0 Å². The number of hydrogen-bond acceptors (Lipinski definition) is 5. The summed E-state index contributed by atoms with van der Waals surface area (Å²) in [6, 6.07) is 5.23. The molecule has 1 unspecified atom stereocenters. The maximum atomic E-state index is 15.5. The molecule has 0 saturated carbocycles. The van der Waals surface area contributed by atoms with Crippen molar-refractivity contribution < 1.29 is 9.13 Å². The van der Waals surface area contributed by atoms with Crippen LogP contribution in [0.4, 0.5) is 4.39 Å². The Hall–Kier alpha value is -4.45. The van der Waals surface area contributed by atoms with E-state index in [1.807, 2.05) is 72.9 Å². The van der Waals surface area contributed by atoms with Crippen molar-refractivity contribution in [1.82, 2.24) is 0 Å². The molecule has 1 atom stereocenters. The molecule has 0 saturated heterocycles. The molecule has 0 radical (unpaired) electrons. The summed E-state index contributed by atoms with van der Waals surface area (Å²) >= 11 is 0. The second-order valence-electron chi connectivity index (χ2n) is 11.8. The van der Waals surface area contributed by atoms with Crippen LogP contribution in [0, 0.1) is 11.7 Å². The second-order valence-corrected chi connectivity index (χ2v) is 11.8. The predicted molar refractivity (Wildman–Crippen MR) is 181 cm³/mol. The van der Waals surface area contributed by atoms with E-state index in [9.17, 15) is 0 Å². The average molecular weight is 587 g/mol. The van der Waals surface area contributed by atoms with E-state index >= 15 is 4.39 Å². The normalized spacial score (nSPS) is 18.7. The fourth-order valence-corrected chi connectivity index (χ4v) is 5.79. The number of fused-ring (bicyclic) bond motifs is 4. The molecule has 0 aliphatic carbocycles. The number of unbranched alkanes of at least 4 members (excludes halogenated alkanes) is 4. The Morgan fingerprint density at radius 1 is 0.636 bits per heavy atom. The first-order valence-corrected chi connectivity index (χ1v) is 16.0. The van der Waals surface area contributed by atoms with Crippen LogP contribution in [-0.2, 0) is 0 Å². The van der Waals surface area contributed by atoms with Crippen molar-refractivity contribution in [2.24, 2.45) is 25.9 Å². The van der Waals surface area contributed by atoms with E-state index in [2.05, 4.69) is 18.8 Å². The quantitative estimate of drug-likeness (QED) is 0.225. The van der Waals surface area contributed by atoms with E-state index in [0.717, 1.165) is 76.0 Å². The fourth-order valence-electron chi connectivity index (χ4n) is 5.79. The van der Waals surface area contributed by atoms with E-state index in [4.69, 9.17) is 19.7 Å². The van der Waals surface area contributed by atoms with Gasteiger partial charge in [-0.15, -0.1) is 0 Å². The first-order chi connectivity index (χ1) is 21.6. The molecule has 0 amide bonds. The largest absolute Gasteiger partial charge is 0.490 e. The Morgan fingerprint density at radius 3 is 1.89 bits per heavy atom. The van der Waals surface area contributed by atoms with E-state index in [1.165, 1.54) is 32.1 Å². The van der Waals surface area contributed by atoms with Gasteiger partial charge in [0.1, 0.15) is 0 Å². The van der Waals surface area contributed by atoms with Gasteiger partial charge in [0.05, 0.1) is 52.2 Å². The molecule has 0 aromatic heterocycles. The Morgan fingerprint density at radius 2 is 1.25 bits per heavy atom. The van der Waals surface area contributed by atoms with Gasteiger partial charge in [0, 0.05) is 5.57 Å². The zero-order chi connectivity index (χ0) is 30.3. The summed E-state index contributed by atoms with van der Waals surface area (Å²) in [7, 11) is 0. The van der Waals surface area contributed by atoms with E-state index in [-0.39, 0.29) is 5.82 Å². The highest BCUT2D eigenvalue weighted by atomic mass is 19.1. The van der Waals surface area contributed by atoms with Crippen molar-refractivity contribution in [3.05, 3.63) is 119 Å². The summed E-state index contributed by atoms with van der Waals surface area (Å²) in [6.45, 7) is 5.00. The van der Waals surface area contributed by atoms with Crippen LogP contribution in [0.15, 0.2) is 128 Å². The van der Waals surface area contributed by atoms with Gasteiger partial charge in [-0.25, -0.2) is 24.4 Å². The van der Waals surface area contributed by atoms with Crippen molar-refractivity contribution in [3.8, 4) is 5.75 Å². The molecule has 0 spiro atoms. The third-order valence-corrected chi connectivity index (χ3v) is 8.19. The van der Waals surface area contributed by atoms with Gasteiger partial charge in [0.25, 0.3) is 0 Å².